The molecule has 1 aromatic heterocycles. The van der Waals surface area contributed by atoms with E-state index in [0.717, 1.165) is 36.6 Å². The highest BCUT2D eigenvalue weighted by atomic mass is 19.1. The normalized spacial score (nSPS) is 14.9. The van der Waals surface area contributed by atoms with Gasteiger partial charge in [-0.05, 0) is 50.1 Å². The Hall–Kier alpha value is -2.37. The molecule has 1 saturated heterocycles. The lowest BCUT2D eigenvalue weighted by Gasteiger charge is -2.36. The highest BCUT2D eigenvalue weighted by molar-refractivity contribution is 5.77. The number of carbonyl (C=O) groups is 1. The van der Waals surface area contributed by atoms with Gasteiger partial charge in [-0.3, -0.25) is 9.48 Å². The van der Waals surface area contributed by atoms with Gasteiger partial charge >= 0.3 is 0 Å². The molecule has 25 heavy (non-hydrogen) atoms. The van der Waals surface area contributed by atoms with E-state index in [1.807, 2.05) is 30.5 Å². The second-order valence-corrected chi connectivity index (χ2v) is 6.62. The Balaban J connectivity index is 1.52. The highest BCUT2D eigenvalue weighted by Crippen LogP contribution is 2.18. The molecule has 0 radical (unpaired) electrons. The van der Waals surface area contributed by atoms with Gasteiger partial charge in [-0.1, -0.05) is 0 Å². The summed E-state index contributed by atoms with van der Waals surface area (Å²) < 4.78 is 14.9. The summed E-state index contributed by atoms with van der Waals surface area (Å²) in [4.78, 5) is 16.6. The molecular formula is C19H25FN4O. The van der Waals surface area contributed by atoms with Crippen molar-refractivity contribution in [3.05, 3.63) is 47.0 Å². The number of aromatic nitrogens is 2. The van der Waals surface area contributed by atoms with E-state index < -0.39 is 0 Å². The number of aryl methyl sites for hydroxylation is 2. The van der Waals surface area contributed by atoms with Crippen molar-refractivity contribution in [2.45, 2.75) is 26.7 Å². The van der Waals surface area contributed by atoms with E-state index >= 15 is 0 Å². The molecule has 1 aliphatic heterocycles. The molecule has 1 fully saturated rings. The van der Waals surface area contributed by atoms with Crippen molar-refractivity contribution >= 4 is 11.6 Å². The topological polar surface area (TPSA) is 41.4 Å². The molecule has 1 amide bonds. The highest BCUT2D eigenvalue weighted by Gasteiger charge is 2.22. The van der Waals surface area contributed by atoms with Crippen molar-refractivity contribution in [1.82, 2.24) is 14.7 Å². The lowest BCUT2D eigenvalue weighted by Crippen LogP contribution is -2.48. The molecule has 0 unspecified atom stereocenters. The predicted octanol–water partition coefficient (Wildman–Crippen LogP) is 2.46. The third-order valence-electron chi connectivity index (χ3n) is 5.07. The number of hydrogen-bond donors (Lipinski definition) is 0. The smallest absolute Gasteiger partial charge is 0.223 e. The van der Waals surface area contributed by atoms with Crippen LogP contribution in [0.5, 0.6) is 0 Å². The number of nitrogens with zero attached hydrogens (tertiary/aromatic N) is 4. The summed E-state index contributed by atoms with van der Waals surface area (Å²) in [6.07, 6.45) is 1.26. The van der Waals surface area contributed by atoms with Crippen LogP contribution in [0.3, 0.4) is 0 Å². The molecule has 2 heterocycles. The number of amides is 1. The lowest BCUT2D eigenvalue weighted by atomic mass is 10.1. The van der Waals surface area contributed by atoms with Crippen molar-refractivity contribution in [1.29, 1.82) is 0 Å². The van der Waals surface area contributed by atoms with Crippen molar-refractivity contribution in [3.8, 4) is 0 Å². The van der Waals surface area contributed by atoms with Gasteiger partial charge in [-0.15, -0.1) is 0 Å². The van der Waals surface area contributed by atoms with Gasteiger partial charge in [-0.2, -0.15) is 5.10 Å². The number of anilines is 1. The summed E-state index contributed by atoms with van der Waals surface area (Å²) in [5, 5.41) is 4.41. The van der Waals surface area contributed by atoms with Crippen LogP contribution in [0.2, 0.25) is 0 Å². The third kappa shape index (κ3) is 3.83. The van der Waals surface area contributed by atoms with Gasteiger partial charge in [0, 0.05) is 51.0 Å². The third-order valence-corrected chi connectivity index (χ3v) is 5.07. The molecule has 0 saturated carbocycles. The van der Waals surface area contributed by atoms with E-state index in [9.17, 15) is 9.18 Å². The molecule has 0 N–H and O–H groups in total. The Morgan fingerprint density at radius 2 is 1.76 bits per heavy atom. The number of benzene rings is 1. The van der Waals surface area contributed by atoms with E-state index in [1.54, 1.807) is 12.1 Å². The Labute approximate surface area is 148 Å². The summed E-state index contributed by atoms with van der Waals surface area (Å²) in [5.74, 6) is -0.0278. The standard InChI is InChI=1S/C19H25FN4O/c1-14-18(15(2)22(3)21-14)8-9-19(25)24-12-10-23(11-13-24)17-6-4-16(20)5-7-17/h4-7H,8-13H2,1-3H3. The van der Waals surface area contributed by atoms with E-state index in [1.165, 1.54) is 17.7 Å². The van der Waals surface area contributed by atoms with Gasteiger partial charge in [0.15, 0.2) is 0 Å². The summed E-state index contributed by atoms with van der Waals surface area (Å²) >= 11 is 0. The first-order valence-electron chi connectivity index (χ1n) is 8.73. The first-order valence-corrected chi connectivity index (χ1v) is 8.73. The van der Waals surface area contributed by atoms with Crippen LogP contribution in [0.4, 0.5) is 10.1 Å². The molecule has 1 aromatic carbocycles. The average molecular weight is 344 g/mol. The minimum absolute atomic E-state index is 0.196. The maximum absolute atomic E-state index is 13.0. The second-order valence-electron chi connectivity index (χ2n) is 6.62. The fourth-order valence-electron chi connectivity index (χ4n) is 3.44. The van der Waals surface area contributed by atoms with E-state index in [2.05, 4.69) is 10.00 Å². The van der Waals surface area contributed by atoms with Crippen LogP contribution in [-0.4, -0.2) is 46.8 Å². The molecule has 2 aromatic rings. The monoisotopic (exact) mass is 344 g/mol. The molecule has 0 spiro atoms. The van der Waals surface area contributed by atoms with Gasteiger partial charge < -0.3 is 9.80 Å². The van der Waals surface area contributed by atoms with Crippen LogP contribution in [0.1, 0.15) is 23.4 Å². The van der Waals surface area contributed by atoms with Crippen LogP contribution in [0, 0.1) is 19.7 Å². The van der Waals surface area contributed by atoms with Gasteiger partial charge in [0.1, 0.15) is 5.82 Å². The maximum atomic E-state index is 13.0. The Kier molecular flexibility index (Phi) is 5.06. The van der Waals surface area contributed by atoms with Gasteiger partial charge in [0.25, 0.3) is 0 Å². The molecule has 0 bridgehead atoms. The zero-order valence-corrected chi connectivity index (χ0v) is 15.1. The average Bonchev–Trinajstić information content (AvgIpc) is 2.86. The van der Waals surface area contributed by atoms with E-state index in [-0.39, 0.29) is 11.7 Å². The van der Waals surface area contributed by atoms with Crippen LogP contribution >= 0.6 is 0 Å². The summed E-state index contributed by atoms with van der Waals surface area (Å²) in [6.45, 7) is 7.02. The van der Waals surface area contributed by atoms with Gasteiger partial charge in [0.2, 0.25) is 5.91 Å². The van der Waals surface area contributed by atoms with E-state index in [0.29, 0.717) is 19.5 Å². The summed E-state index contributed by atoms with van der Waals surface area (Å²) in [7, 11) is 1.93. The van der Waals surface area contributed by atoms with Crippen LogP contribution in [-0.2, 0) is 18.3 Å². The fourth-order valence-corrected chi connectivity index (χ4v) is 3.44. The second kappa shape index (κ2) is 7.25. The van der Waals surface area contributed by atoms with Crippen molar-refractivity contribution in [2.24, 2.45) is 7.05 Å². The Morgan fingerprint density at radius 3 is 2.32 bits per heavy atom. The maximum Gasteiger partial charge on any atom is 0.223 e. The predicted molar refractivity (Wildman–Crippen MR) is 96.2 cm³/mol. The molecule has 134 valence electrons. The van der Waals surface area contributed by atoms with Crippen LogP contribution in [0.15, 0.2) is 24.3 Å². The lowest BCUT2D eigenvalue weighted by molar-refractivity contribution is -0.131. The first-order chi connectivity index (χ1) is 12.0. The minimum atomic E-state index is -0.224. The summed E-state index contributed by atoms with van der Waals surface area (Å²) in [5.41, 5.74) is 4.33. The van der Waals surface area contributed by atoms with Crippen LogP contribution < -0.4 is 4.90 Å². The molecule has 0 atom stereocenters. The number of rotatable bonds is 4. The zero-order chi connectivity index (χ0) is 18.0. The Morgan fingerprint density at radius 1 is 1.12 bits per heavy atom. The largest absolute Gasteiger partial charge is 0.368 e. The van der Waals surface area contributed by atoms with Crippen molar-refractivity contribution in [3.63, 3.8) is 0 Å². The Bertz CT molecular complexity index is 746. The fraction of sp³-hybridized carbons (Fsp3) is 0.474. The zero-order valence-electron chi connectivity index (χ0n) is 15.1. The summed E-state index contributed by atoms with van der Waals surface area (Å²) in [6, 6.07) is 6.54. The van der Waals surface area contributed by atoms with Gasteiger partial charge in [0.05, 0.1) is 5.69 Å². The molecule has 0 aliphatic carbocycles. The number of hydrogen-bond acceptors (Lipinski definition) is 3. The first kappa shape index (κ1) is 17.5. The minimum Gasteiger partial charge on any atom is -0.368 e. The van der Waals surface area contributed by atoms with Crippen molar-refractivity contribution in [2.75, 3.05) is 31.1 Å². The van der Waals surface area contributed by atoms with Crippen LogP contribution in [0.25, 0.3) is 0 Å². The van der Waals surface area contributed by atoms with E-state index in [4.69, 9.17) is 0 Å². The van der Waals surface area contributed by atoms with Crippen molar-refractivity contribution < 1.29 is 9.18 Å². The molecule has 3 rings (SSSR count). The quantitative estimate of drug-likeness (QED) is 0.856. The SMILES string of the molecule is Cc1nn(C)c(C)c1CCC(=O)N1CCN(c2ccc(F)cc2)CC1. The molecule has 6 heteroatoms. The molecule has 1 aliphatic rings. The molecule has 5 nitrogen and oxygen atoms in total. The number of piperazine rings is 1. The van der Waals surface area contributed by atoms with Gasteiger partial charge in [-0.25, -0.2) is 4.39 Å². The molecular weight excluding hydrogens is 319 g/mol. The number of halogens is 1. The number of carbonyl (C=O) groups excluding carboxylic acids is 1.